The first kappa shape index (κ1) is 14.8. The Balaban J connectivity index is 2.15. The first-order valence-corrected chi connectivity index (χ1v) is 6.95. The van der Waals surface area contributed by atoms with Gasteiger partial charge in [-0.1, -0.05) is 0 Å². The van der Waals surface area contributed by atoms with Crippen molar-refractivity contribution in [3.05, 3.63) is 45.2 Å². The summed E-state index contributed by atoms with van der Waals surface area (Å²) in [6.07, 6.45) is 3.28. The molecule has 7 heteroatoms. The van der Waals surface area contributed by atoms with Crippen LogP contribution in [0.3, 0.4) is 0 Å². The third-order valence-electron chi connectivity index (χ3n) is 3.06. The van der Waals surface area contributed by atoms with Crippen LogP contribution in [0.1, 0.15) is 11.8 Å². The van der Waals surface area contributed by atoms with Gasteiger partial charge in [0.2, 0.25) is 0 Å². The molecule has 2 aromatic heterocycles. The van der Waals surface area contributed by atoms with Crippen molar-refractivity contribution in [3.63, 3.8) is 0 Å². The summed E-state index contributed by atoms with van der Waals surface area (Å²) < 4.78 is 7.21. The van der Waals surface area contributed by atoms with Crippen LogP contribution < -0.4 is 10.9 Å². The summed E-state index contributed by atoms with van der Waals surface area (Å²) in [5.74, 6) is 0.871. The number of hydrogen-bond acceptors (Lipinski definition) is 5. The molecule has 1 unspecified atom stereocenters. The zero-order valence-electron chi connectivity index (χ0n) is 11.6. The fourth-order valence-corrected chi connectivity index (χ4v) is 2.36. The topological polar surface area (TPSA) is 63.3 Å². The van der Waals surface area contributed by atoms with E-state index in [1.807, 2.05) is 31.1 Å². The predicted molar refractivity (Wildman–Crippen MR) is 80.8 cm³/mol. The van der Waals surface area contributed by atoms with E-state index in [-0.39, 0.29) is 11.6 Å². The van der Waals surface area contributed by atoms with E-state index >= 15 is 0 Å². The summed E-state index contributed by atoms with van der Waals surface area (Å²) >= 11 is 3.29. The van der Waals surface area contributed by atoms with Crippen molar-refractivity contribution < 1.29 is 4.42 Å². The van der Waals surface area contributed by atoms with E-state index < -0.39 is 0 Å². The molecular formula is C13H17BrN4O2. The Morgan fingerprint density at radius 3 is 2.90 bits per heavy atom. The molecule has 2 heterocycles. The highest BCUT2D eigenvalue weighted by molar-refractivity contribution is 9.10. The SMILES string of the molecule is CN(C)C(CNc1cnn(C)c(=O)c1Br)c1ccco1. The summed E-state index contributed by atoms with van der Waals surface area (Å²) in [5, 5.41) is 7.23. The molecule has 0 fully saturated rings. The van der Waals surface area contributed by atoms with Crippen molar-refractivity contribution in [2.45, 2.75) is 6.04 Å². The van der Waals surface area contributed by atoms with Crippen molar-refractivity contribution >= 4 is 21.6 Å². The van der Waals surface area contributed by atoms with Crippen molar-refractivity contribution in [1.82, 2.24) is 14.7 Å². The van der Waals surface area contributed by atoms with Crippen molar-refractivity contribution in [2.24, 2.45) is 7.05 Å². The van der Waals surface area contributed by atoms with Crippen LogP contribution in [0.15, 0.2) is 38.3 Å². The number of anilines is 1. The molecule has 1 atom stereocenters. The van der Waals surface area contributed by atoms with E-state index in [0.29, 0.717) is 16.7 Å². The van der Waals surface area contributed by atoms with E-state index in [0.717, 1.165) is 5.76 Å². The monoisotopic (exact) mass is 340 g/mol. The van der Waals surface area contributed by atoms with E-state index in [4.69, 9.17) is 4.42 Å². The minimum atomic E-state index is -0.172. The van der Waals surface area contributed by atoms with Crippen LogP contribution in [0.5, 0.6) is 0 Å². The third-order valence-corrected chi connectivity index (χ3v) is 3.83. The molecule has 1 N–H and O–H groups in total. The van der Waals surface area contributed by atoms with Crippen molar-refractivity contribution in [2.75, 3.05) is 26.0 Å². The predicted octanol–water partition coefficient (Wildman–Crippen LogP) is 1.85. The number of nitrogens with one attached hydrogen (secondary N) is 1. The molecule has 0 amide bonds. The molecule has 0 radical (unpaired) electrons. The highest BCUT2D eigenvalue weighted by Crippen LogP contribution is 2.21. The molecule has 20 heavy (non-hydrogen) atoms. The molecule has 0 aliphatic rings. The van der Waals surface area contributed by atoms with Crippen molar-refractivity contribution in [3.8, 4) is 0 Å². The van der Waals surface area contributed by atoms with Gasteiger partial charge in [-0.25, -0.2) is 4.68 Å². The van der Waals surface area contributed by atoms with Crippen LogP contribution in [0.2, 0.25) is 0 Å². The Morgan fingerprint density at radius 1 is 1.55 bits per heavy atom. The fraction of sp³-hybridized carbons (Fsp3) is 0.385. The number of aryl methyl sites for hydroxylation is 1. The van der Waals surface area contributed by atoms with Crippen LogP contribution >= 0.6 is 15.9 Å². The van der Waals surface area contributed by atoms with E-state index in [1.165, 1.54) is 4.68 Å². The number of aromatic nitrogens is 2. The number of rotatable bonds is 5. The Hall–Kier alpha value is -1.60. The smallest absolute Gasteiger partial charge is 0.282 e. The Labute approximate surface area is 125 Å². The summed E-state index contributed by atoms with van der Waals surface area (Å²) in [6, 6.07) is 3.87. The standard InChI is InChI=1S/C13H17BrN4O2/c1-17(2)10(11-5-4-6-20-11)8-15-9-7-16-18(3)13(19)12(9)14/h4-7,10,15H,8H2,1-3H3. The fourth-order valence-electron chi connectivity index (χ4n) is 1.86. The van der Waals surface area contributed by atoms with Gasteiger partial charge in [0, 0.05) is 13.6 Å². The summed E-state index contributed by atoms with van der Waals surface area (Å²) in [6.45, 7) is 0.605. The van der Waals surface area contributed by atoms with Crippen LogP contribution in [-0.4, -0.2) is 35.3 Å². The quantitative estimate of drug-likeness (QED) is 0.899. The average Bonchev–Trinajstić information content (AvgIpc) is 2.92. The van der Waals surface area contributed by atoms with Gasteiger partial charge >= 0.3 is 0 Å². The molecule has 0 bridgehead atoms. The molecule has 0 saturated heterocycles. The maximum absolute atomic E-state index is 11.8. The molecule has 0 saturated carbocycles. The molecule has 0 aromatic carbocycles. The lowest BCUT2D eigenvalue weighted by atomic mass is 10.2. The second-order valence-electron chi connectivity index (χ2n) is 4.68. The average molecular weight is 341 g/mol. The molecule has 2 rings (SSSR count). The zero-order valence-corrected chi connectivity index (χ0v) is 13.2. The molecule has 0 aliphatic carbocycles. The lowest BCUT2D eigenvalue weighted by molar-refractivity contribution is 0.269. The van der Waals surface area contributed by atoms with Gasteiger partial charge in [-0.15, -0.1) is 0 Å². The lowest BCUT2D eigenvalue weighted by Crippen LogP contribution is -2.28. The van der Waals surface area contributed by atoms with Crippen LogP contribution in [0.4, 0.5) is 5.69 Å². The maximum atomic E-state index is 11.8. The highest BCUT2D eigenvalue weighted by atomic mass is 79.9. The van der Waals surface area contributed by atoms with Crippen molar-refractivity contribution in [1.29, 1.82) is 0 Å². The Kier molecular flexibility index (Phi) is 4.61. The first-order valence-electron chi connectivity index (χ1n) is 6.16. The van der Waals surface area contributed by atoms with Gasteiger partial charge in [-0.05, 0) is 42.2 Å². The maximum Gasteiger partial charge on any atom is 0.282 e. The van der Waals surface area contributed by atoms with E-state index in [1.54, 1.807) is 19.5 Å². The Morgan fingerprint density at radius 2 is 2.30 bits per heavy atom. The third kappa shape index (κ3) is 3.10. The van der Waals surface area contributed by atoms with Gasteiger partial charge in [0.05, 0.1) is 24.2 Å². The lowest BCUT2D eigenvalue weighted by Gasteiger charge is -2.23. The van der Waals surface area contributed by atoms with Crippen LogP contribution in [0, 0.1) is 0 Å². The van der Waals surface area contributed by atoms with Gasteiger partial charge < -0.3 is 9.73 Å². The number of nitrogens with zero attached hydrogens (tertiary/aromatic N) is 3. The van der Waals surface area contributed by atoms with Gasteiger partial charge in [-0.2, -0.15) is 5.10 Å². The second-order valence-corrected chi connectivity index (χ2v) is 5.47. The largest absolute Gasteiger partial charge is 0.468 e. The molecule has 0 spiro atoms. The minimum absolute atomic E-state index is 0.0703. The van der Waals surface area contributed by atoms with Gasteiger partial charge in [0.1, 0.15) is 10.2 Å². The van der Waals surface area contributed by atoms with Crippen LogP contribution in [0.25, 0.3) is 0 Å². The molecular weight excluding hydrogens is 324 g/mol. The highest BCUT2D eigenvalue weighted by Gasteiger charge is 2.17. The van der Waals surface area contributed by atoms with Gasteiger partial charge in [0.25, 0.3) is 5.56 Å². The molecule has 0 aliphatic heterocycles. The number of hydrogen-bond donors (Lipinski definition) is 1. The number of furan rings is 1. The number of halogens is 1. The molecule has 2 aromatic rings. The minimum Gasteiger partial charge on any atom is -0.468 e. The van der Waals surface area contributed by atoms with Gasteiger partial charge in [0.15, 0.2) is 0 Å². The molecule has 6 nitrogen and oxygen atoms in total. The summed E-state index contributed by atoms with van der Waals surface area (Å²) in [5.41, 5.74) is 0.501. The second kappa shape index (κ2) is 6.23. The molecule has 108 valence electrons. The van der Waals surface area contributed by atoms with E-state index in [9.17, 15) is 4.79 Å². The summed E-state index contributed by atoms with van der Waals surface area (Å²) in [4.78, 5) is 13.8. The summed E-state index contributed by atoms with van der Waals surface area (Å²) in [7, 11) is 5.57. The van der Waals surface area contributed by atoms with Gasteiger partial charge in [-0.3, -0.25) is 9.69 Å². The van der Waals surface area contributed by atoms with E-state index in [2.05, 4.69) is 26.3 Å². The zero-order chi connectivity index (χ0) is 14.7. The Bertz CT molecular complexity index is 622. The van der Waals surface area contributed by atoms with Crippen LogP contribution in [-0.2, 0) is 7.05 Å². The first-order chi connectivity index (χ1) is 9.50. The number of likely N-dealkylation sites (N-methyl/N-ethyl adjacent to an activating group) is 1. The normalized spacial score (nSPS) is 12.7.